The number of anilines is 1. The van der Waals surface area contributed by atoms with Gasteiger partial charge in [-0.2, -0.15) is 0 Å². The Bertz CT molecular complexity index is 1200. The third-order valence-corrected chi connectivity index (χ3v) is 8.49. The molecule has 3 saturated heterocycles. The van der Waals surface area contributed by atoms with Crippen LogP contribution in [0.15, 0.2) is 54.6 Å². The highest BCUT2D eigenvalue weighted by Crippen LogP contribution is 2.63. The molecule has 5 rings (SSSR count). The molecule has 3 amide bonds. The number of hydrogen-bond acceptors (Lipinski definition) is 6. The maximum Gasteiger partial charge on any atom is 0.250 e. The Morgan fingerprint density at radius 1 is 1.13 bits per heavy atom. The van der Waals surface area contributed by atoms with Gasteiger partial charge in [-0.05, 0) is 56.0 Å². The first-order valence-corrected chi connectivity index (χ1v) is 13.2. The second-order valence-electron chi connectivity index (χ2n) is 10.6. The van der Waals surface area contributed by atoms with Crippen LogP contribution in [0.2, 0.25) is 0 Å². The number of hydrogen-bond donors (Lipinski definition) is 3. The van der Waals surface area contributed by atoms with E-state index < -0.39 is 41.0 Å². The quantitative estimate of drug-likeness (QED) is 0.467. The highest BCUT2D eigenvalue weighted by molar-refractivity contribution is 6.04. The van der Waals surface area contributed by atoms with Crippen molar-refractivity contribution in [3.8, 4) is 5.75 Å². The third-order valence-electron chi connectivity index (χ3n) is 8.49. The van der Waals surface area contributed by atoms with Crippen LogP contribution in [0.5, 0.6) is 5.75 Å². The second kappa shape index (κ2) is 10.0. The van der Waals surface area contributed by atoms with Gasteiger partial charge in [-0.1, -0.05) is 37.3 Å². The summed E-state index contributed by atoms with van der Waals surface area (Å²) < 4.78 is 11.8. The van der Waals surface area contributed by atoms with Gasteiger partial charge in [0, 0.05) is 12.2 Å². The third kappa shape index (κ3) is 4.14. The van der Waals surface area contributed by atoms with Crippen molar-refractivity contribution in [2.24, 2.45) is 11.8 Å². The van der Waals surface area contributed by atoms with Crippen LogP contribution in [0.4, 0.5) is 5.69 Å². The number of ether oxygens (including phenoxy) is 2. The SMILES string of the molecule is CC[C@@H](CO)N1C(=O)[C@@H]2[C@@H](C(=O)NCc3ccccc3)[C@@]3(C)CCC2(O3)C1C(=O)Nc1ccc(OC)cc1. The van der Waals surface area contributed by atoms with E-state index in [9.17, 15) is 19.5 Å². The Kier molecular flexibility index (Phi) is 6.92. The summed E-state index contributed by atoms with van der Waals surface area (Å²) in [4.78, 5) is 43.0. The Balaban J connectivity index is 1.47. The van der Waals surface area contributed by atoms with E-state index in [0.717, 1.165) is 5.56 Å². The van der Waals surface area contributed by atoms with Gasteiger partial charge in [0.25, 0.3) is 0 Å². The molecule has 202 valence electrons. The molecule has 3 N–H and O–H groups in total. The number of rotatable bonds is 9. The molecule has 0 aliphatic carbocycles. The standard InChI is InChI=1S/C29H35N3O6/c1-4-20(17-33)32-24(26(35)31-19-10-12-21(37-3)13-11-19)29-15-14-28(2,38-29)22(23(29)27(32)36)25(34)30-16-18-8-6-5-7-9-18/h5-13,20,22-24,33H,4,14-17H2,1-3H3,(H,30,34)(H,31,35)/t20-,22-,23-,24?,28+,29?/m0/s1. The van der Waals surface area contributed by atoms with Gasteiger partial charge in [-0.25, -0.2) is 0 Å². The molecule has 0 radical (unpaired) electrons. The van der Waals surface area contributed by atoms with Crippen LogP contribution in [0.25, 0.3) is 0 Å². The van der Waals surface area contributed by atoms with Gasteiger partial charge in [-0.15, -0.1) is 0 Å². The molecule has 2 bridgehead atoms. The maximum absolute atomic E-state index is 14.1. The average molecular weight is 522 g/mol. The number of carbonyl (C=O) groups is 3. The van der Waals surface area contributed by atoms with Crippen LogP contribution in [0.1, 0.15) is 38.7 Å². The lowest BCUT2D eigenvalue weighted by Gasteiger charge is -2.36. The zero-order valence-corrected chi connectivity index (χ0v) is 22.0. The summed E-state index contributed by atoms with van der Waals surface area (Å²) in [5, 5.41) is 16.1. The summed E-state index contributed by atoms with van der Waals surface area (Å²) in [7, 11) is 1.57. The molecule has 2 aromatic rings. The topological polar surface area (TPSA) is 117 Å². The number of fused-ring (bicyclic) bond motifs is 1. The van der Waals surface area contributed by atoms with E-state index in [0.29, 0.717) is 37.2 Å². The summed E-state index contributed by atoms with van der Waals surface area (Å²) in [5.41, 5.74) is -0.518. The van der Waals surface area contributed by atoms with Gasteiger partial charge in [0.2, 0.25) is 17.7 Å². The van der Waals surface area contributed by atoms with Crippen molar-refractivity contribution in [3.05, 3.63) is 60.2 Å². The smallest absolute Gasteiger partial charge is 0.250 e. The van der Waals surface area contributed by atoms with E-state index in [1.807, 2.05) is 44.2 Å². The molecule has 38 heavy (non-hydrogen) atoms. The number of aliphatic hydroxyl groups excluding tert-OH is 1. The first-order chi connectivity index (χ1) is 18.3. The summed E-state index contributed by atoms with van der Waals surface area (Å²) in [6.07, 6.45) is 1.48. The molecular weight excluding hydrogens is 486 g/mol. The van der Waals surface area contributed by atoms with Crippen molar-refractivity contribution in [1.29, 1.82) is 0 Å². The Hall–Kier alpha value is -3.43. The zero-order chi connectivity index (χ0) is 27.1. The molecule has 0 aromatic heterocycles. The van der Waals surface area contributed by atoms with Crippen molar-refractivity contribution < 1.29 is 29.0 Å². The van der Waals surface area contributed by atoms with Crippen LogP contribution in [0.3, 0.4) is 0 Å². The Morgan fingerprint density at radius 3 is 2.47 bits per heavy atom. The minimum absolute atomic E-state index is 0.260. The number of nitrogens with one attached hydrogen (secondary N) is 2. The van der Waals surface area contributed by atoms with E-state index in [-0.39, 0.29) is 18.4 Å². The van der Waals surface area contributed by atoms with Crippen LogP contribution < -0.4 is 15.4 Å². The summed E-state index contributed by atoms with van der Waals surface area (Å²) in [5.74, 6) is -1.88. The van der Waals surface area contributed by atoms with Gasteiger partial charge < -0.3 is 30.1 Å². The Morgan fingerprint density at radius 2 is 1.84 bits per heavy atom. The predicted molar refractivity (Wildman–Crippen MR) is 140 cm³/mol. The monoisotopic (exact) mass is 521 g/mol. The fourth-order valence-electron chi connectivity index (χ4n) is 6.65. The van der Waals surface area contributed by atoms with Crippen molar-refractivity contribution in [3.63, 3.8) is 0 Å². The van der Waals surface area contributed by atoms with Crippen molar-refractivity contribution in [1.82, 2.24) is 10.2 Å². The molecule has 3 aliphatic heterocycles. The predicted octanol–water partition coefficient (Wildman–Crippen LogP) is 2.49. The lowest BCUT2D eigenvalue weighted by atomic mass is 9.66. The van der Waals surface area contributed by atoms with Crippen LogP contribution in [-0.2, 0) is 25.7 Å². The molecule has 6 atom stereocenters. The lowest BCUT2D eigenvalue weighted by molar-refractivity contribution is -0.148. The maximum atomic E-state index is 14.1. The van der Waals surface area contributed by atoms with Gasteiger partial charge >= 0.3 is 0 Å². The fraction of sp³-hybridized carbons (Fsp3) is 0.483. The first kappa shape index (κ1) is 26.2. The second-order valence-corrected chi connectivity index (χ2v) is 10.6. The highest BCUT2D eigenvalue weighted by Gasteiger charge is 2.78. The van der Waals surface area contributed by atoms with E-state index in [1.54, 1.807) is 31.4 Å². The van der Waals surface area contributed by atoms with Crippen LogP contribution in [0, 0.1) is 11.8 Å². The van der Waals surface area contributed by atoms with E-state index >= 15 is 0 Å². The molecule has 9 nitrogen and oxygen atoms in total. The number of amides is 3. The van der Waals surface area contributed by atoms with Crippen molar-refractivity contribution in [2.45, 2.75) is 62.9 Å². The average Bonchev–Trinajstić information content (AvgIpc) is 3.50. The van der Waals surface area contributed by atoms with Gasteiger partial charge in [0.15, 0.2) is 0 Å². The van der Waals surface area contributed by atoms with Gasteiger partial charge in [0.1, 0.15) is 17.4 Å². The molecule has 9 heteroatoms. The number of carbonyl (C=O) groups excluding carboxylic acids is 3. The van der Waals surface area contributed by atoms with Crippen molar-refractivity contribution >= 4 is 23.4 Å². The molecule has 3 aliphatic rings. The first-order valence-electron chi connectivity index (χ1n) is 13.2. The number of benzene rings is 2. The highest BCUT2D eigenvalue weighted by atomic mass is 16.5. The molecular formula is C29H35N3O6. The molecule has 3 heterocycles. The number of methoxy groups -OCH3 is 1. The molecule has 2 unspecified atom stereocenters. The van der Waals surface area contributed by atoms with E-state index in [2.05, 4.69) is 10.6 Å². The molecule has 1 spiro atoms. The zero-order valence-electron chi connectivity index (χ0n) is 22.0. The molecule has 2 aromatic carbocycles. The minimum atomic E-state index is -1.15. The van der Waals surface area contributed by atoms with Gasteiger partial charge in [-0.3, -0.25) is 14.4 Å². The largest absolute Gasteiger partial charge is 0.497 e. The summed E-state index contributed by atoms with van der Waals surface area (Å²) in [6, 6.07) is 15.0. The number of aliphatic hydroxyl groups is 1. The van der Waals surface area contributed by atoms with Gasteiger partial charge in [0.05, 0.1) is 37.2 Å². The van der Waals surface area contributed by atoms with Crippen LogP contribution in [-0.4, -0.2) is 64.7 Å². The normalized spacial score (nSPS) is 30.2. The summed E-state index contributed by atoms with van der Waals surface area (Å²) >= 11 is 0. The van der Waals surface area contributed by atoms with Crippen LogP contribution >= 0.6 is 0 Å². The molecule has 3 fully saturated rings. The van der Waals surface area contributed by atoms with E-state index in [1.165, 1.54) is 4.90 Å². The fourth-order valence-corrected chi connectivity index (χ4v) is 6.65. The Labute approximate surface area is 222 Å². The summed E-state index contributed by atoms with van der Waals surface area (Å²) in [6.45, 7) is 3.77. The minimum Gasteiger partial charge on any atom is -0.497 e. The number of nitrogens with zero attached hydrogens (tertiary/aromatic N) is 1. The van der Waals surface area contributed by atoms with Crippen molar-refractivity contribution in [2.75, 3.05) is 19.0 Å². The van der Waals surface area contributed by atoms with E-state index in [4.69, 9.17) is 9.47 Å². The lowest BCUT2D eigenvalue weighted by Crippen LogP contribution is -2.56. The number of likely N-dealkylation sites (tertiary alicyclic amines) is 1. The molecule has 0 saturated carbocycles.